The number of methoxy groups -OCH3 is 1. The van der Waals surface area contributed by atoms with E-state index in [0.29, 0.717) is 11.4 Å². The summed E-state index contributed by atoms with van der Waals surface area (Å²) in [5.41, 5.74) is 3.95. The molecule has 0 aliphatic carbocycles. The van der Waals surface area contributed by atoms with Crippen molar-refractivity contribution in [3.05, 3.63) is 18.5 Å². The largest absolute Gasteiger partial charge is 0.378 e. The van der Waals surface area contributed by atoms with Crippen molar-refractivity contribution >= 4 is 23.0 Å². The second-order valence-corrected chi connectivity index (χ2v) is 3.40. The first-order valence-electron chi connectivity index (χ1n) is 5.22. The normalized spacial score (nSPS) is 14.3. The Balaban J connectivity index is 2.08. The molecule has 1 aromatic rings. The van der Waals surface area contributed by atoms with E-state index < -0.39 is 0 Å². The van der Waals surface area contributed by atoms with E-state index in [1.807, 2.05) is 0 Å². The van der Waals surface area contributed by atoms with Crippen molar-refractivity contribution in [2.24, 2.45) is 10.1 Å². The van der Waals surface area contributed by atoms with Crippen LogP contribution in [-0.4, -0.2) is 47.9 Å². The summed E-state index contributed by atoms with van der Waals surface area (Å²) in [6.07, 6.45) is 2.94. The van der Waals surface area contributed by atoms with Crippen molar-refractivity contribution in [1.29, 1.82) is 0 Å². The van der Waals surface area contributed by atoms with Crippen LogP contribution in [0.5, 0.6) is 0 Å². The monoisotopic (exact) mass is 248 g/mol. The fraction of sp³-hybridized carbons (Fsp3) is 0.300. The SMILES string of the molecule is COCC1=NNCN=C1C(=O)Nc1ccnnc1. The number of nitrogens with one attached hydrogen (secondary N) is 2. The lowest BCUT2D eigenvalue weighted by molar-refractivity contribution is -0.110. The highest BCUT2D eigenvalue weighted by Gasteiger charge is 2.20. The number of hydrogen-bond acceptors (Lipinski definition) is 7. The van der Waals surface area contributed by atoms with Crippen LogP contribution in [0.15, 0.2) is 28.6 Å². The third kappa shape index (κ3) is 2.86. The second kappa shape index (κ2) is 5.82. The third-order valence-corrected chi connectivity index (χ3v) is 2.13. The van der Waals surface area contributed by atoms with Gasteiger partial charge in [0.15, 0.2) is 5.71 Å². The van der Waals surface area contributed by atoms with Gasteiger partial charge in [-0.15, -0.1) is 0 Å². The van der Waals surface area contributed by atoms with Crippen LogP contribution >= 0.6 is 0 Å². The second-order valence-electron chi connectivity index (χ2n) is 3.40. The highest BCUT2D eigenvalue weighted by Crippen LogP contribution is 2.03. The molecule has 2 rings (SSSR count). The molecule has 8 nitrogen and oxygen atoms in total. The fourth-order valence-electron chi connectivity index (χ4n) is 1.38. The molecule has 8 heteroatoms. The highest BCUT2D eigenvalue weighted by atomic mass is 16.5. The van der Waals surface area contributed by atoms with Crippen LogP contribution in [0.1, 0.15) is 0 Å². The maximum absolute atomic E-state index is 12.0. The maximum Gasteiger partial charge on any atom is 0.275 e. The molecule has 18 heavy (non-hydrogen) atoms. The summed E-state index contributed by atoms with van der Waals surface area (Å²) in [5, 5.41) is 13.9. The molecule has 0 spiro atoms. The average molecular weight is 248 g/mol. The lowest BCUT2D eigenvalue weighted by Gasteiger charge is -2.13. The van der Waals surface area contributed by atoms with Gasteiger partial charge in [0.1, 0.15) is 12.4 Å². The van der Waals surface area contributed by atoms with Crippen molar-refractivity contribution in [1.82, 2.24) is 15.6 Å². The Morgan fingerprint density at radius 1 is 1.56 bits per heavy atom. The quantitative estimate of drug-likeness (QED) is 0.742. The summed E-state index contributed by atoms with van der Waals surface area (Å²) in [6, 6.07) is 1.64. The van der Waals surface area contributed by atoms with Gasteiger partial charge in [-0.2, -0.15) is 15.3 Å². The standard InChI is InChI=1S/C10H12N6O2/c1-18-5-8-9(11-6-14-16-8)10(17)15-7-2-3-12-13-4-7/h2-4,14H,5-6H2,1H3,(H,12,15,17). The molecular formula is C10H12N6O2. The molecule has 0 bridgehead atoms. The van der Waals surface area contributed by atoms with E-state index in [0.717, 1.165) is 0 Å². The molecule has 0 fully saturated rings. The minimum atomic E-state index is -0.347. The van der Waals surface area contributed by atoms with Gasteiger partial charge in [-0.3, -0.25) is 15.2 Å². The van der Waals surface area contributed by atoms with Gasteiger partial charge in [-0.25, -0.2) is 0 Å². The smallest absolute Gasteiger partial charge is 0.275 e. The number of aliphatic imine (C=N–C) groups is 1. The predicted octanol–water partition coefficient (Wildman–Crippen LogP) is -0.581. The number of anilines is 1. The summed E-state index contributed by atoms with van der Waals surface area (Å²) < 4.78 is 4.96. The highest BCUT2D eigenvalue weighted by molar-refractivity contribution is 6.69. The Hall–Kier alpha value is -2.35. The van der Waals surface area contributed by atoms with Crippen LogP contribution < -0.4 is 10.7 Å². The number of carbonyl (C=O) groups excluding carboxylic acids is 1. The lowest BCUT2D eigenvalue weighted by atomic mass is 10.2. The Morgan fingerprint density at radius 3 is 3.17 bits per heavy atom. The van der Waals surface area contributed by atoms with Crippen LogP contribution in [0, 0.1) is 0 Å². The summed E-state index contributed by atoms with van der Waals surface area (Å²) in [6.45, 7) is 0.485. The molecule has 94 valence electrons. The van der Waals surface area contributed by atoms with Crippen molar-refractivity contribution in [3.63, 3.8) is 0 Å². The molecule has 0 radical (unpaired) electrons. The Labute approximate surface area is 103 Å². The molecule has 0 saturated carbocycles. The Morgan fingerprint density at radius 2 is 2.44 bits per heavy atom. The number of nitrogens with zero attached hydrogens (tertiary/aromatic N) is 4. The van der Waals surface area contributed by atoms with Crippen LogP contribution in [0.25, 0.3) is 0 Å². The number of ether oxygens (including phenoxy) is 1. The van der Waals surface area contributed by atoms with Crippen molar-refractivity contribution in [2.45, 2.75) is 0 Å². The molecule has 2 heterocycles. The van der Waals surface area contributed by atoms with E-state index in [1.54, 1.807) is 6.07 Å². The van der Waals surface area contributed by atoms with E-state index in [2.05, 4.69) is 31.0 Å². The van der Waals surface area contributed by atoms with E-state index in [-0.39, 0.29) is 24.9 Å². The van der Waals surface area contributed by atoms with Gasteiger partial charge < -0.3 is 10.1 Å². The molecular weight excluding hydrogens is 236 g/mol. The van der Waals surface area contributed by atoms with Gasteiger partial charge in [-0.05, 0) is 6.07 Å². The predicted molar refractivity (Wildman–Crippen MR) is 65.4 cm³/mol. The van der Waals surface area contributed by atoms with Crippen molar-refractivity contribution in [3.8, 4) is 0 Å². The third-order valence-electron chi connectivity index (χ3n) is 2.13. The van der Waals surface area contributed by atoms with E-state index in [4.69, 9.17) is 4.74 Å². The van der Waals surface area contributed by atoms with Crippen molar-refractivity contribution < 1.29 is 9.53 Å². The molecule has 2 N–H and O–H groups in total. The summed E-state index contributed by atoms with van der Waals surface area (Å²) >= 11 is 0. The number of hydrogen-bond donors (Lipinski definition) is 2. The van der Waals surface area contributed by atoms with Gasteiger partial charge in [0, 0.05) is 7.11 Å². The first-order chi connectivity index (χ1) is 8.81. The number of rotatable bonds is 4. The van der Waals surface area contributed by atoms with Gasteiger partial charge in [0.25, 0.3) is 5.91 Å². The first-order valence-corrected chi connectivity index (χ1v) is 5.22. The zero-order valence-corrected chi connectivity index (χ0v) is 9.75. The molecule has 1 amide bonds. The zero-order valence-electron chi connectivity index (χ0n) is 9.75. The van der Waals surface area contributed by atoms with Crippen LogP contribution in [0.4, 0.5) is 5.69 Å². The Kier molecular flexibility index (Phi) is 3.92. The van der Waals surface area contributed by atoms with Crippen molar-refractivity contribution in [2.75, 3.05) is 25.7 Å². The van der Waals surface area contributed by atoms with E-state index >= 15 is 0 Å². The van der Waals surface area contributed by atoms with Crippen LogP contribution in [-0.2, 0) is 9.53 Å². The first kappa shape index (κ1) is 12.1. The summed E-state index contributed by atoms with van der Waals surface area (Å²) in [4.78, 5) is 16.1. The number of aromatic nitrogens is 2. The Bertz CT molecular complexity index is 484. The molecule has 1 aromatic heterocycles. The molecule has 1 aliphatic rings. The molecule has 0 aromatic carbocycles. The fourth-order valence-corrected chi connectivity index (χ4v) is 1.38. The van der Waals surface area contributed by atoms with E-state index in [1.165, 1.54) is 19.5 Å². The molecule has 0 atom stereocenters. The van der Waals surface area contributed by atoms with Crippen LogP contribution in [0.2, 0.25) is 0 Å². The van der Waals surface area contributed by atoms with E-state index in [9.17, 15) is 4.79 Å². The van der Waals surface area contributed by atoms with Gasteiger partial charge in [-0.1, -0.05) is 0 Å². The number of hydrazone groups is 1. The minimum absolute atomic E-state index is 0.216. The van der Waals surface area contributed by atoms with Gasteiger partial charge in [0.2, 0.25) is 0 Å². The maximum atomic E-state index is 12.0. The zero-order chi connectivity index (χ0) is 12.8. The number of amides is 1. The topological polar surface area (TPSA) is 101 Å². The van der Waals surface area contributed by atoms with Gasteiger partial charge in [0.05, 0.1) is 24.7 Å². The molecule has 0 unspecified atom stereocenters. The molecule has 0 saturated heterocycles. The van der Waals surface area contributed by atoms with Gasteiger partial charge >= 0.3 is 0 Å². The van der Waals surface area contributed by atoms with Crippen LogP contribution in [0.3, 0.4) is 0 Å². The lowest BCUT2D eigenvalue weighted by Crippen LogP contribution is -2.37. The molecule has 1 aliphatic heterocycles. The average Bonchev–Trinajstić information content (AvgIpc) is 2.41. The summed E-state index contributed by atoms with van der Waals surface area (Å²) in [7, 11) is 1.53. The minimum Gasteiger partial charge on any atom is -0.378 e. The summed E-state index contributed by atoms with van der Waals surface area (Å²) in [5.74, 6) is -0.347. The number of carbonyl (C=O) groups is 1.